The highest BCUT2D eigenvalue weighted by Gasteiger charge is 2.42. The van der Waals surface area contributed by atoms with E-state index in [1.165, 1.54) is 99.3 Å². The van der Waals surface area contributed by atoms with Crippen LogP contribution in [0.2, 0.25) is 0 Å². The topological polar surface area (TPSA) is 49.8 Å². The molecule has 0 radical (unpaired) electrons. The highest BCUT2D eigenvalue weighted by Crippen LogP contribution is 2.54. The van der Waals surface area contributed by atoms with Crippen molar-refractivity contribution in [1.82, 2.24) is 0 Å². The molecular formula is C30H42N2. The maximum absolute atomic E-state index is 9.62. The third-order valence-electron chi connectivity index (χ3n) is 7.43. The van der Waals surface area contributed by atoms with Crippen molar-refractivity contribution in [3.05, 3.63) is 53.1 Å². The van der Waals surface area contributed by atoms with Gasteiger partial charge in [0.15, 0.2) is 0 Å². The largest absolute Gasteiger partial charge is 0.399 e. The van der Waals surface area contributed by atoms with Crippen LogP contribution in [0.15, 0.2) is 36.4 Å². The van der Waals surface area contributed by atoms with E-state index in [2.05, 4.69) is 44.2 Å². The fourth-order valence-electron chi connectivity index (χ4n) is 5.66. The van der Waals surface area contributed by atoms with Gasteiger partial charge < -0.3 is 5.73 Å². The van der Waals surface area contributed by atoms with Gasteiger partial charge in [-0.25, -0.2) is 0 Å². The summed E-state index contributed by atoms with van der Waals surface area (Å²) in [6, 6.07) is 15.2. The SMILES string of the molecule is CCCCCCCCC1(CCCCCCCC)c2cc(N)ccc2-c2ccc(C#N)cc21. The molecule has 2 aromatic rings. The van der Waals surface area contributed by atoms with Crippen molar-refractivity contribution < 1.29 is 0 Å². The predicted molar refractivity (Wildman–Crippen MR) is 138 cm³/mol. The summed E-state index contributed by atoms with van der Waals surface area (Å²) < 4.78 is 0. The van der Waals surface area contributed by atoms with E-state index in [1.807, 2.05) is 12.1 Å². The number of hydrogen-bond acceptors (Lipinski definition) is 2. The number of unbranched alkanes of at least 4 members (excludes halogenated alkanes) is 10. The molecule has 2 nitrogen and oxygen atoms in total. The number of fused-ring (bicyclic) bond motifs is 3. The minimum Gasteiger partial charge on any atom is -0.399 e. The van der Waals surface area contributed by atoms with Crippen LogP contribution in [0.25, 0.3) is 11.1 Å². The van der Waals surface area contributed by atoms with Gasteiger partial charge in [-0.05, 0) is 59.4 Å². The highest BCUT2D eigenvalue weighted by atomic mass is 14.6. The Morgan fingerprint density at radius 2 is 1.19 bits per heavy atom. The van der Waals surface area contributed by atoms with Crippen molar-refractivity contribution in [2.45, 2.75) is 109 Å². The molecule has 0 atom stereocenters. The van der Waals surface area contributed by atoms with Crippen molar-refractivity contribution in [2.75, 3.05) is 5.73 Å². The summed E-state index contributed by atoms with van der Waals surface area (Å²) >= 11 is 0. The number of benzene rings is 2. The second kappa shape index (κ2) is 12.1. The average molecular weight is 431 g/mol. The molecule has 0 saturated heterocycles. The second-order valence-corrected chi connectivity index (χ2v) is 9.79. The first-order chi connectivity index (χ1) is 15.7. The summed E-state index contributed by atoms with van der Waals surface area (Å²) in [6.07, 6.45) is 18.0. The van der Waals surface area contributed by atoms with Crippen LogP contribution in [0.1, 0.15) is 120 Å². The highest BCUT2D eigenvalue weighted by molar-refractivity contribution is 5.83. The quantitative estimate of drug-likeness (QED) is 0.240. The summed E-state index contributed by atoms with van der Waals surface area (Å²) in [5, 5.41) is 9.62. The van der Waals surface area contributed by atoms with Crippen LogP contribution in [0.4, 0.5) is 5.69 Å². The smallest absolute Gasteiger partial charge is 0.0991 e. The molecule has 3 rings (SSSR count). The maximum atomic E-state index is 9.62. The molecule has 1 aliphatic carbocycles. The summed E-state index contributed by atoms with van der Waals surface area (Å²) in [6.45, 7) is 4.55. The number of rotatable bonds is 14. The molecule has 0 fully saturated rings. The molecule has 0 saturated carbocycles. The van der Waals surface area contributed by atoms with Crippen LogP contribution in [0.5, 0.6) is 0 Å². The van der Waals surface area contributed by atoms with Gasteiger partial charge in [-0.15, -0.1) is 0 Å². The Labute approximate surface area is 196 Å². The fourth-order valence-corrected chi connectivity index (χ4v) is 5.66. The molecule has 0 bridgehead atoms. The van der Waals surface area contributed by atoms with Gasteiger partial charge in [0.25, 0.3) is 0 Å². The van der Waals surface area contributed by atoms with Gasteiger partial charge in [0.2, 0.25) is 0 Å². The zero-order valence-corrected chi connectivity index (χ0v) is 20.4. The van der Waals surface area contributed by atoms with Crippen molar-refractivity contribution in [2.24, 2.45) is 0 Å². The van der Waals surface area contributed by atoms with Crippen LogP contribution < -0.4 is 5.73 Å². The summed E-state index contributed by atoms with van der Waals surface area (Å²) in [7, 11) is 0. The molecule has 2 aromatic carbocycles. The number of nitrogen functional groups attached to an aromatic ring is 1. The molecular weight excluding hydrogens is 388 g/mol. The minimum absolute atomic E-state index is 0.00240. The molecule has 172 valence electrons. The molecule has 2 N–H and O–H groups in total. The third-order valence-corrected chi connectivity index (χ3v) is 7.43. The summed E-state index contributed by atoms with van der Waals surface area (Å²) in [4.78, 5) is 0. The van der Waals surface area contributed by atoms with Gasteiger partial charge in [0, 0.05) is 11.1 Å². The Morgan fingerprint density at radius 1 is 0.688 bits per heavy atom. The third kappa shape index (κ3) is 5.55. The van der Waals surface area contributed by atoms with Crippen LogP contribution >= 0.6 is 0 Å². The molecule has 0 amide bonds. The fraction of sp³-hybridized carbons (Fsp3) is 0.567. The summed E-state index contributed by atoms with van der Waals surface area (Å²) in [5.74, 6) is 0. The lowest BCUT2D eigenvalue weighted by molar-refractivity contribution is 0.398. The molecule has 1 aliphatic rings. The number of nitriles is 1. The average Bonchev–Trinajstić information content (AvgIpc) is 3.07. The number of nitrogens with zero attached hydrogens (tertiary/aromatic N) is 1. The molecule has 2 heteroatoms. The van der Waals surface area contributed by atoms with Crippen LogP contribution in [0.3, 0.4) is 0 Å². The van der Waals surface area contributed by atoms with E-state index in [-0.39, 0.29) is 5.41 Å². The van der Waals surface area contributed by atoms with Crippen molar-refractivity contribution in [3.8, 4) is 17.2 Å². The first kappa shape index (κ1) is 24.4. The Morgan fingerprint density at radius 3 is 1.75 bits per heavy atom. The standard InChI is InChI=1S/C30H42N2/c1-3-5-7-9-11-13-19-30(20-14-12-10-8-6-4-2)28-21-24(23-31)15-17-26(28)27-18-16-25(32)22-29(27)30/h15-18,21-22H,3-14,19-20,32H2,1-2H3. The first-order valence-corrected chi connectivity index (χ1v) is 13.1. The Kier molecular flexibility index (Phi) is 9.22. The molecule has 0 aliphatic heterocycles. The monoisotopic (exact) mass is 430 g/mol. The minimum atomic E-state index is 0.00240. The Balaban J connectivity index is 1.89. The first-order valence-electron chi connectivity index (χ1n) is 13.1. The lowest BCUT2D eigenvalue weighted by Crippen LogP contribution is -2.26. The van der Waals surface area contributed by atoms with Gasteiger partial charge in [-0.3, -0.25) is 0 Å². The van der Waals surface area contributed by atoms with Crippen LogP contribution in [0, 0.1) is 11.3 Å². The van der Waals surface area contributed by atoms with E-state index >= 15 is 0 Å². The lowest BCUT2D eigenvalue weighted by Gasteiger charge is -2.33. The molecule has 0 heterocycles. The number of hydrogen-bond donors (Lipinski definition) is 1. The summed E-state index contributed by atoms with van der Waals surface area (Å²) in [5.41, 5.74) is 13.4. The van der Waals surface area contributed by atoms with Crippen molar-refractivity contribution >= 4 is 5.69 Å². The van der Waals surface area contributed by atoms with Gasteiger partial charge in [-0.2, -0.15) is 5.26 Å². The molecule has 0 spiro atoms. The van der Waals surface area contributed by atoms with E-state index in [9.17, 15) is 5.26 Å². The van der Waals surface area contributed by atoms with E-state index in [0.29, 0.717) is 0 Å². The van der Waals surface area contributed by atoms with E-state index in [0.717, 1.165) is 24.1 Å². The predicted octanol–water partition coefficient (Wildman–Crippen LogP) is 8.91. The zero-order valence-electron chi connectivity index (χ0n) is 20.4. The van der Waals surface area contributed by atoms with Crippen LogP contribution in [-0.4, -0.2) is 0 Å². The second-order valence-electron chi connectivity index (χ2n) is 9.79. The molecule has 0 aromatic heterocycles. The molecule has 32 heavy (non-hydrogen) atoms. The maximum Gasteiger partial charge on any atom is 0.0991 e. The Bertz CT molecular complexity index is 890. The van der Waals surface area contributed by atoms with Crippen molar-refractivity contribution in [3.63, 3.8) is 0 Å². The number of nitrogens with two attached hydrogens (primary N) is 1. The van der Waals surface area contributed by atoms with E-state index < -0.39 is 0 Å². The van der Waals surface area contributed by atoms with E-state index in [1.54, 1.807) is 0 Å². The van der Waals surface area contributed by atoms with Gasteiger partial charge in [0.05, 0.1) is 11.6 Å². The molecule has 0 unspecified atom stereocenters. The van der Waals surface area contributed by atoms with Crippen LogP contribution in [-0.2, 0) is 5.41 Å². The van der Waals surface area contributed by atoms with Gasteiger partial charge >= 0.3 is 0 Å². The zero-order chi connectivity index (χ0) is 22.8. The normalized spacial score (nSPS) is 13.5. The van der Waals surface area contributed by atoms with Gasteiger partial charge in [0.1, 0.15) is 0 Å². The van der Waals surface area contributed by atoms with Gasteiger partial charge in [-0.1, -0.05) is 103 Å². The van der Waals surface area contributed by atoms with Crippen molar-refractivity contribution in [1.29, 1.82) is 5.26 Å². The number of anilines is 1. The van der Waals surface area contributed by atoms with E-state index in [4.69, 9.17) is 5.73 Å². The Hall–Kier alpha value is -2.27. The lowest BCUT2D eigenvalue weighted by atomic mass is 9.70.